The normalized spacial score (nSPS) is 13.5. The molecule has 1 aliphatic rings. The Kier molecular flexibility index (Phi) is 5.77. The van der Waals surface area contributed by atoms with Crippen molar-refractivity contribution >= 4 is 52.3 Å². The summed E-state index contributed by atoms with van der Waals surface area (Å²) in [5.41, 5.74) is 12.6. The molecule has 0 spiro atoms. The monoisotopic (exact) mass is 472 g/mol. The van der Waals surface area contributed by atoms with E-state index in [9.17, 15) is 14.4 Å². The zero-order valence-corrected chi connectivity index (χ0v) is 18.1. The van der Waals surface area contributed by atoms with Gasteiger partial charge in [-0.25, -0.2) is 4.68 Å². The zero-order chi connectivity index (χ0) is 23.0. The molecule has 1 aromatic heterocycles. The van der Waals surface area contributed by atoms with Gasteiger partial charge in [0.05, 0.1) is 27.8 Å². The summed E-state index contributed by atoms with van der Waals surface area (Å²) >= 11 is 12.5. The van der Waals surface area contributed by atoms with Crippen molar-refractivity contribution in [1.29, 1.82) is 0 Å². The number of primary amides is 2. The van der Waals surface area contributed by atoms with Gasteiger partial charge >= 0.3 is 0 Å². The maximum Gasteiger partial charge on any atom is 0.271 e. The summed E-state index contributed by atoms with van der Waals surface area (Å²) in [6, 6.07) is 11.7. The van der Waals surface area contributed by atoms with Crippen LogP contribution in [0.4, 0.5) is 11.4 Å². The number of carbonyl (C=O) groups excluding carboxylic acids is 3. The highest BCUT2D eigenvalue weighted by atomic mass is 35.5. The standard InChI is InChI=1S/C21H18Cl2N6O3/c22-14-2-1-3-15(23)18(14)29-10-16(17(27-29)20(25)31)26-13-6-4-11(5-7-13)21(32)28-8-12(9-28)19(24)30/h1-7,10,12,26H,8-9H2,(H2,24,30)(H2,25,31). The van der Waals surface area contributed by atoms with Crippen molar-refractivity contribution in [2.45, 2.75) is 0 Å². The highest BCUT2D eigenvalue weighted by Gasteiger charge is 2.34. The molecule has 1 saturated heterocycles. The van der Waals surface area contributed by atoms with Gasteiger partial charge in [0.2, 0.25) is 5.91 Å². The van der Waals surface area contributed by atoms with E-state index in [0.29, 0.717) is 45.8 Å². The number of hydrogen-bond acceptors (Lipinski definition) is 5. The van der Waals surface area contributed by atoms with Crippen LogP contribution in [0, 0.1) is 5.92 Å². The van der Waals surface area contributed by atoms with Crippen molar-refractivity contribution in [3.05, 3.63) is 70.0 Å². The summed E-state index contributed by atoms with van der Waals surface area (Å²) in [4.78, 5) is 37.1. The molecule has 0 atom stereocenters. The molecular weight excluding hydrogens is 455 g/mol. The molecule has 9 nitrogen and oxygen atoms in total. The molecule has 5 N–H and O–H groups in total. The van der Waals surface area contributed by atoms with Crippen LogP contribution in [0.25, 0.3) is 5.69 Å². The lowest BCUT2D eigenvalue weighted by Gasteiger charge is -2.37. The van der Waals surface area contributed by atoms with E-state index < -0.39 is 11.8 Å². The third kappa shape index (κ3) is 4.12. The van der Waals surface area contributed by atoms with Crippen molar-refractivity contribution in [2.75, 3.05) is 18.4 Å². The van der Waals surface area contributed by atoms with Crippen LogP contribution in [-0.2, 0) is 4.79 Å². The lowest BCUT2D eigenvalue weighted by Crippen LogP contribution is -2.54. The number of benzene rings is 2. The number of nitrogens with one attached hydrogen (secondary N) is 1. The summed E-state index contributed by atoms with van der Waals surface area (Å²) < 4.78 is 1.38. The smallest absolute Gasteiger partial charge is 0.271 e. The lowest BCUT2D eigenvalue weighted by atomic mass is 9.98. The molecule has 3 aromatic rings. The molecule has 164 valence electrons. The number of anilines is 2. The van der Waals surface area contributed by atoms with Gasteiger partial charge in [0.1, 0.15) is 5.69 Å². The molecular formula is C21H18Cl2N6O3. The van der Waals surface area contributed by atoms with Crippen LogP contribution in [0.5, 0.6) is 0 Å². The highest BCUT2D eigenvalue weighted by molar-refractivity contribution is 6.37. The number of amides is 3. The molecule has 0 radical (unpaired) electrons. The summed E-state index contributed by atoms with van der Waals surface area (Å²) in [6.45, 7) is 0.639. The number of para-hydroxylation sites is 1. The minimum absolute atomic E-state index is 0.000730. The Labute approximate surface area is 192 Å². The molecule has 2 heterocycles. The van der Waals surface area contributed by atoms with Gasteiger partial charge in [0.25, 0.3) is 11.8 Å². The molecule has 32 heavy (non-hydrogen) atoms. The van der Waals surface area contributed by atoms with Crippen LogP contribution >= 0.6 is 23.2 Å². The maximum absolute atomic E-state index is 12.5. The Bertz CT molecular complexity index is 1200. The first-order chi connectivity index (χ1) is 15.2. The highest BCUT2D eigenvalue weighted by Crippen LogP contribution is 2.30. The second-order valence-electron chi connectivity index (χ2n) is 7.28. The predicted octanol–water partition coefficient (Wildman–Crippen LogP) is 2.58. The second-order valence-corrected chi connectivity index (χ2v) is 8.10. The van der Waals surface area contributed by atoms with Crippen molar-refractivity contribution in [3.63, 3.8) is 0 Å². The van der Waals surface area contributed by atoms with Gasteiger partial charge in [-0.05, 0) is 36.4 Å². The van der Waals surface area contributed by atoms with Gasteiger partial charge < -0.3 is 21.7 Å². The number of rotatable bonds is 6. The van der Waals surface area contributed by atoms with E-state index in [1.165, 1.54) is 4.68 Å². The fraction of sp³-hybridized carbons (Fsp3) is 0.143. The topological polar surface area (TPSA) is 136 Å². The Morgan fingerprint density at radius 1 is 1.00 bits per heavy atom. The number of carbonyl (C=O) groups is 3. The minimum Gasteiger partial charge on any atom is -0.369 e. The average Bonchev–Trinajstić information content (AvgIpc) is 3.10. The van der Waals surface area contributed by atoms with Crippen molar-refractivity contribution in [2.24, 2.45) is 17.4 Å². The molecule has 4 rings (SSSR count). The van der Waals surface area contributed by atoms with Crippen molar-refractivity contribution < 1.29 is 14.4 Å². The number of aromatic nitrogens is 2. The van der Waals surface area contributed by atoms with Crippen LogP contribution in [0.1, 0.15) is 20.8 Å². The molecule has 11 heteroatoms. The fourth-order valence-corrected chi connectivity index (χ4v) is 3.90. The van der Waals surface area contributed by atoms with Gasteiger partial charge in [-0.3, -0.25) is 14.4 Å². The van der Waals surface area contributed by atoms with E-state index in [2.05, 4.69) is 10.4 Å². The number of nitrogens with two attached hydrogens (primary N) is 2. The largest absolute Gasteiger partial charge is 0.369 e. The summed E-state index contributed by atoms with van der Waals surface area (Å²) in [5.74, 6) is -1.62. The minimum atomic E-state index is -0.733. The number of halogens is 2. The van der Waals surface area contributed by atoms with E-state index in [1.807, 2.05) is 0 Å². The fourth-order valence-electron chi connectivity index (χ4n) is 3.33. The van der Waals surface area contributed by atoms with E-state index >= 15 is 0 Å². The molecule has 1 fully saturated rings. The second kappa shape index (κ2) is 8.52. The third-order valence-corrected chi connectivity index (χ3v) is 5.71. The van der Waals surface area contributed by atoms with Gasteiger partial charge in [-0.1, -0.05) is 29.3 Å². The van der Waals surface area contributed by atoms with Gasteiger partial charge in [-0.15, -0.1) is 0 Å². The van der Waals surface area contributed by atoms with E-state index in [-0.39, 0.29) is 17.5 Å². The van der Waals surface area contributed by atoms with E-state index in [0.717, 1.165) is 0 Å². The quantitative estimate of drug-likeness (QED) is 0.506. The first kappa shape index (κ1) is 21.7. The molecule has 1 aliphatic heterocycles. The Morgan fingerprint density at radius 3 is 2.19 bits per heavy atom. The zero-order valence-electron chi connectivity index (χ0n) is 16.6. The number of hydrogen-bond donors (Lipinski definition) is 3. The van der Waals surface area contributed by atoms with Crippen LogP contribution in [0.3, 0.4) is 0 Å². The molecule has 0 aliphatic carbocycles. The van der Waals surface area contributed by atoms with Crippen LogP contribution < -0.4 is 16.8 Å². The number of nitrogens with zero attached hydrogens (tertiary/aromatic N) is 3. The first-order valence-corrected chi connectivity index (χ1v) is 10.3. The Morgan fingerprint density at radius 2 is 1.62 bits per heavy atom. The van der Waals surface area contributed by atoms with Crippen LogP contribution in [0.15, 0.2) is 48.7 Å². The van der Waals surface area contributed by atoms with Gasteiger partial charge in [0.15, 0.2) is 5.69 Å². The SMILES string of the molecule is NC(=O)c1nn(-c2c(Cl)cccc2Cl)cc1Nc1ccc(C(=O)N2CC(C(N)=O)C2)cc1. The molecule has 2 aromatic carbocycles. The van der Waals surface area contributed by atoms with E-state index in [4.69, 9.17) is 34.7 Å². The Balaban J connectivity index is 1.54. The maximum atomic E-state index is 12.5. The lowest BCUT2D eigenvalue weighted by molar-refractivity contribution is -0.125. The average molecular weight is 473 g/mol. The summed E-state index contributed by atoms with van der Waals surface area (Å²) in [7, 11) is 0. The predicted molar refractivity (Wildman–Crippen MR) is 120 cm³/mol. The summed E-state index contributed by atoms with van der Waals surface area (Å²) in [5, 5.41) is 8.00. The van der Waals surface area contributed by atoms with Gasteiger partial charge in [-0.2, -0.15) is 5.10 Å². The number of likely N-dealkylation sites (tertiary alicyclic amines) is 1. The molecule has 0 saturated carbocycles. The van der Waals surface area contributed by atoms with Crippen molar-refractivity contribution in [3.8, 4) is 5.69 Å². The third-order valence-electron chi connectivity index (χ3n) is 5.10. The van der Waals surface area contributed by atoms with Crippen molar-refractivity contribution in [1.82, 2.24) is 14.7 Å². The molecule has 0 bridgehead atoms. The van der Waals surface area contributed by atoms with Crippen LogP contribution in [0.2, 0.25) is 10.0 Å². The molecule has 3 amide bonds. The first-order valence-electron chi connectivity index (χ1n) is 9.54. The van der Waals surface area contributed by atoms with Gasteiger partial charge in [0, 0.05) is 24.3 Å². The Hall–Kier alpha value is -3.56. The molecule has 0 unspecified atom stereocenters. The van der Waals surface area contributed by atoms with E-state index in [1.54, 1.807) is 53.6 Å². The summed E-state index contributed by atoms with van der Waals surface area (Å²) in [6.07, 6.45) is 1.55. The van der Waals surface area contributed by atoms with Crippen LogP contribution in [-0.4, -0.2) is 45.5 Å².